The molecule has 47 heavy (non-hydrogen) atoms. The van der Waals surface area contributed by atoms with E-state index in [4.69, 9.17) is 10.5 Å². The molecule has 0 aliphatic heterocycles. The molecule has 3 heterocycles. The van der Waals surface area contributed by atoms with Crippen LogP contribution in [0.1, 0.15) is 33.0 Å². The first-order valence-electron chi connectivity index (χ1n) is 14.5. The smallest absolute Gasteiger partial charge is 0.406 e. The number of imidazole rings is 1. The van der Waals surface area contributed by atoms with Crippen molar-refractivity contribution in [3.63, 3.8) is 0 Å². The normalized spacial score (nSPS) is 12.1. The number of anilines is 1. The number of hydrogen-bond donors (Lipinski definition) is 2. The summed E-state index contributed by atoms with van der Waals surface area (Å²) in [7, 11) is -3.78. The Labute approximate surface area is 267 Å². The quantitative estimate of drug-likeness (QED) is 0.169. The van der Waals surface area contributed by atoms with Gasteiger partial charge in [-0.15, -0.1) is 0 Å². The van der Waals surface area contributed by atoms with Crippen LogP contribution in [0.15, 0.2) is 97.5 Å². The Morgan fingerprint density at radius 1 is 0.957 bits per heavy atom. The molecule has 0 amide bonds. The molecule has 3 aromatic carbocycles. The highest BCUT2D eigenvalue weighted by Gasteiger charge is 2.29. The van der Waals surface area contributed by atoms with E-state index in [-0.39, 0.29) is 30.2 Å². The van der Waals surface area contributed by atoms with E-state index in [1.165, 1.54) is 6.20 Å². The summed E-state index contributed by atoms with van der Waals surface area (Å²) in [6.45, 7) is -1.49. The average Bonchev–Trinajstić information content (AvgIpc) is 3.62. The first kappa shape index (κ1) is 31.8. The summed E-state index contributed by atoms with van der Waals surface area (Å²) < 4.78 is 76.0. The highest BCUT2D eigenvalue weighted by atomic mass is 32.2. The summed E-state index contributed by atoms with van der Waals surface area (Å²) in [4.78, 5) is 21.9. The van der Waals surface area contributed by atoms with Crippen LogP contribution in [0.4, 0.5) is 18.9 Å². The van der Waals surface area contributed by atoms with Crippen molar-refractivity contribution in [2.45, 2.75) is 38.2 Å². The number of carbonyl (C=O) groups is 1. The molecule has 6 aromatic rings. The maximum absolute atomic E-state index is 13.5. The first-order chi connectivity index (χ1) is 22.5. The highest BCUT2D eigenvalue weighted by molar-refractivity contribution is 7.91. The maximum Gasteiger partial charge on any atom is 0.406 e. The molecule has 0 fully saturated rings. The van der Waals surface area contributed by atoms with E-state index in [2.05, 4.69) is 14.7 Å². The number of ether oxygens (including phenoxy) is 1. The van der Waals surface area contributed by atoms with Crippen LogP contribution in [0.2, 0.25) is 0 Å². The zero-order chi connectivity index (χ0) is 33.2. The number of nitrogens with zero attached hydrogens (tertiary/aromatic N) is 4. The molecule has 0 spiro atoms. The summed E-state index contributed by atoms with van der Waals surface area (Å²) in [5, 5.41) is 2.18. The molecule has 0 radical (unpaired) electrons. The number of aromatic nitrogens is 4. The van der Waals surface area contributed by atoms with Crippen LogP contribution >= 0.6 is 0 Å². The number of benzene rings is 3. The van der Waals surface area contributed by atoms with Crippen molar-refractivity contribution in [1.29, 1.82) is 0 Å². The molecule has 14 heteroatoms. The molecule has 0 unspecified atom stereocenters. The van der Waals surface area contributed by atoms with Gasteiger partial charge in [-0.1, -0.05) is 54.6 Å². The second-order valence-corrected chi connectivity index (χ2v) is 12.7. The van der Waals surface area contributed by atoms with Gasteiger partial charge in [0.2, 0.25) is 10.0 Å². The fourth-order valence-electron chi connectivity index (χ4n) is 5.39. The van der Waals surface area contributed by atoms with Gasteiger partial charge in [-0.3, -0.25) is 4.72 Å². The summed E-state index contributed by atoms with van der Waals surface area (Å²) in [5.74, 6) is -1.01. The summed E-state index contributed by atoms with van der Waals surface area (Å²) in [5.41, 5.74) is 8.68. The maximum atomic E-state index is 13.5. The number of esters is 1. The Balaban J connectivity index is 1.36. The fraction of sp³-hybridized carbons (Fsp3) is 0.182. The minimum Gasteiger partial charge on any atom is -0.455 e. The number of pyridine rings is 1. The van der Waals surface area contributed by atoms with E-state index >= 15 is 0 Å². The van der Waals surface area contributed by atoms with Crippen molar-refractivity contribution in [1.82, 2.24) is 19.1 Å². The van der Waals surface area contributed by atoms with E-state index in [0.717, 1.165) is 21.7 Å². The summed E-state index contributed by atoms with van der Waals surface area (Å²) >= 11 is 0. The van der Waals surface area contributed by atoms with E-state index < -0.39 is 35.3 Å². The van der Waals surface area contributed by atoms with E-state index in [9.17, 15) is 26.4 Å². The van der Waals surface area contributed by atoms with Crippen LogP contribution in [0.25, 0.3) is 21.8 Å². The van der Waals surface area contributed by atoms with Crippen molar-refractivity contribution in [2.75, 3.05) is 4.72 Å². The molecule has 6 rings (SSSR count). The topological polar surface area (TPSA) is 134 Å². The van der Waals surface area contributed by atoms with Gasteiger partial charge in [0.15, 0.2) is 0 Å². The third-order valence-corrected chi connectivity index (χ3v) is 8.73. The average molecular weight is 663 g/mol. The molecule has 0 atom stereocenters. The van der Waals surface area contributed by atoms with Gasteiger partial charge in [0.1, 0.15) is 24.5 Å². The monoisotopic (exact) mass is 662 g/mol. The Morgan fingerprint density at radius 3 is 2.49 bits per heavy atom. The molecule has 0 saturated heterocycles. The number of rotatable bonds is 11. The molecule has 242 valence electrons. The van der Waals surface area contributed by atoms with Crippen molar-refractivity contribution < 1.29 is 31.1 Å². The lowest BCUT2D eigenvalue weighted by atomic mass is 10.0. The van der Waals surface area contributed by atoms with Crippen molar-refractivity contribution >= 4 is 43.5 Å². The Kier molecular flexibility index (Phi) is 8.71. The number of nitrogens with one attached hydrogen (secondary N) is 1. The van der Waals surface area contributed by atoms with Gasteiger partial charge in [0.25, 0.3) is 0 Å². The van der Waals surface area contributed by atoms with E-state index in [0.29, 0.717) is 33.5 Å². The zero-order valence-corrected chi connectivity index (χ0v) is 25.6. The molecule has 0 saturated carbocycles. The van der Waals surface area contributed by atoms with Gasteiger partial charge in [-0.05, 0) is 52.2 Å². The largest absolute Gasteiger partial charge is 0.455 e. The van der Waals surface area contributed by atoms with Crippen LogP contribution in [0, 0.1) is 0 Å². The minimum absolute atomic E-state index is 0.0726. The van der Waals surface area contributed by atoms with Crippen LogP contribution in [-0.4, -0.2) is 39.7 Å². The third kappa shape index (κ3) is 7.45. The third-order valence-electron chi connectivity index (χ3n) is 7.47. The molecule has 0 aliphatic carbocycles. The van der Waals surface area contributed by atoms with Crippen LogP contribution in [0.3, 0.4) is 0 Å². The molecule has 0 bridgehead atoms. The van der Waals surface area contributed by atoms with Crippen molar-refractivity contribution in [3.8, 4) is 0 Å². The lowest BCUT2D eigenvalue weighted by Gasteiger charge is -2.16. The summed E-state index contributed by atoms with van der Waals surface area (Å²) in [6, 6.07) is 24.8. The minimum atomic E-state index is -4.48. The lowest BCUT2D eigenvalue weighted by molar-refractivity contribution is -0.141. The predicted molar refractivity (Wildman–Crippen MR) is 171 cm³/mol. The second-order valence-electron chi connectivity index (χ2n) is 10.9. The van der Waals surface area contributed by atoms with Crippen LogP contribution < -0.4 is 10.5 Å². The number of halogens is 3. The Hall–Kier alpha value is -5.21. The Morgan fingerprint density at radius 2 is 1.72 bits per heavy atom. The number of sulfonamides is 1. The number of carbonyl (C=O) groups excluding carboxylic acids is 1. The van der Waals surface area contributed by atoms with Gasteiger partial charge in [-0.2, -0.15) is 13.2 Å². The summed E-state index contributed by atoms with van der Waals surface area (Å²) in [6.07, 6.45) is -2.25. The predicted octanol–water partition coefficient (Wildman–Crippen LogP) is 5.75. The van der Waals surface area contributed by atoms with Crippen molar-refractivity contribution in [2.24, 2.45) is 5.73 Å². The molecule has 0 aliphatic rings. The standard InChI is InChI=1S/C33H29F3N6O4S/c34-33(35,36)20-41-21-38-16-28(41)18-46-32(43)30-14-24-10-11-26(15-37)39-31(24)42(30)17-25-13-27(12-23-8-4-5-9-29(23)25)40-47(44,45)19-22-6-2-1-3-7-22/h1-14,16,21,40H,15,17-20,37H2. The van der Waals surface area contributed by atoms with Gasteiger partial charge < -0.3 is 19.6 Å². The van der Waals surface area contributed by atoms with Gasteiger partial charge >= 0.3 is 12.1 Å². The number of alkyl halides is 3. The van der Waals surface area contributed by atoms with Crippen LogP contribution in [0.5, 0.6) is 0 Å². The molecular weight excluding hydrogens is 633 g/mol. The molecular formula is C33H29F3N6O4S. The molecule has 10 nitrogen and oxygen atoms in total. The van der Waals surface area contributed by atoms with Crippen LogP contribution in [-0.2, 0) is 46.8 Å². The first-order valence-corrected chi connectivity index (χ1v) is 16.1. The second kappa shape index (κ2) is 12.9. The van der Waals surface area contributed by atoms with E-state index in [1.54, 1.807) is 59.2 Å². The molecule has 3 N–H and O–H groups in total. The number of hydrogen-bond acceptors (Lipinski definition) is 7. The van der Waals surface area contributed by atoms with Gasteiger partial charge in [0.05, 0.1) is 36.2 Å². The number of fused-ring (bicyclic) bond motifs is 2. The van der Waals surface area contributed by atoms with Crippen molar-refractivity contribution in [3.05, 3.63) is 126 Å². The lowest BCUT2D eigenvalue weighted by Crippen LogP contribution is -2.20. The highest BCUT2D eigenvalue weighted by Crippen LogP contribution is 2.29. The zero-order valence-electron chi connectivity index (χ0n) is 24.8. The SMILES string of the molecule is NCc1ccc2cc(C(=O)OCc3cncn3CC(F)(F)F)n(Cc3cc(NS(=O)(=O)Cc4ccccc4)cc4ccccc34)c2n1. The fourth-order valence-corrected chi connectivity index (χ4v) is 6.57. The van der Waals surface area contributed by atoms with E-state index in [1.807, 2.05) is 30.3 Å². The Bertz CT molecular complexity index is 2180. The van der Waals surface area contributed by atoms with Gasteiger partial charge in [-0.25, -0.2) is 23.2 Å². The molecule has 3 aromatic heterocycles. The van der Waals surface area contributed by atoms with Gasteiger partial charge in [0, 0.05) is 17.6 Å². The number of nitrogens with two attached hydrogens (primary N) is 1.